The first-order chi connectivity index (χ1) is 9.01. The van der Waals surface area contributed by atoms with Crippen LogP contribution in [0.1, 0.15) is 30.8 Å². The van der Waals surface area contributed by atoms with Crippen LogP contribution >= 0.6 is 11.6 Å². The molecular weight excluding hydrogens is 258 g/mol. The highest BCUT2D eigenvalue weighted by Gasteiger charge is 2.19. The second-order valence-corrected chi connectivity index (χ2v) is 5.30. The Balaban J connectivity index is 2.28. The average molecular weight is 272 g/mol. The van der Waals surface area contributed by atoms with Gasteiger partial charge in [-0.3, -0.25) is 0 Å². The molecule has 1 aromatic carbocycles. The number of rotatable bonds is 3. The van der Waals surface area contributed by atoms with Gasteiger partial charge in [0.1, 0.15) is 11.0 Å². The molecule has 0 N–H and O–H groups in total. The molecule has 0 amide bonds. The Morgan fingerprint density at radius 2 is 2.11 bits per heavy atom. The Bertz CT molecular complexity index is 629. The van der Waals surface area contributed by atoms with Gasteiger partial charge < -0.3 is 0 Å². The predicted octanol–water partition coefficient (Wildman–Crippen LogP) is 3.52. The second-order valence-electron chi connectivity index (χ2n) is 4.91. The molecule has 96 valence electrons. The smallest absolute Gasteiger partial charge is 0.134 e. The lowest BCUT2D eigenvalue weighted by molar-refractivity contribution is 0.685. The first kappa shape index (κ1) is 13.5. The zero-order valence-corrected chi connectivity index (χ0v) is 11.6. The van der Waals surface area contributed by atoms with Gasteiger partial charge >= 0.3 is 0 Å². The molecule has 0 atom stereocenters. The van der Waals surface area contributed by atoms with Crippen molar-refractivity contribution >= 4 is 11.6 Å². The largest absolute Gasteiger partial charge is 0.241 e. The van der Waals surface area contributed by atoms with Crippen LogP contribution in [0.2, 0.25) is 5.15 Å². The highest BCUT2D eigenvalue weighted by molar-refractivity contribution is 6.29. The van der Waals surface area contributed by atoms with Gasteiger partial charge in [0.2, 0.25) is 0 Å². The Hall–Kier alpha value is -1.92. The van der Waals surface area contributed by atoms with Crippen LogP contribution in [0.5, 0.6) is 0 Å². The van der Waals surface area contributed by atoms with Crippen molar-refractivity contribution in [2.24, 2.45) is 0 Å². The monoisotopic (exact) mass is 271 g/mol. The molecule has 1 aromatic heterocycles. The third-order valence-corrected chi connectivity index (χ3v) is 3.17. The summed E-state index contributed by atoms with van der Waals surface area (Å²) in [5.41, 5.74) is 1.57. The Kier molecular flexibility index (Phi) is 3.82. The SMILES string of the molecule is CC(C)(C#N)c1cccc(Cc2nccc(Cl)n2)c1. The van der Waals surface area contributed by atoms with Crippen molar-refractivity contribution in [3.63, 3.8) is 0 Å². The lowest BCUT2D eigenvalue weighted by Crippen LogP contribution is -2.14. The summed E-state index contributed by atoms with van der Waals surface area (Å²) >= 11 is 5.84. The number of hydrogen-bond donors (Lipinski definition) is 0. The molecule has 0 saturated carbocycles. The van der Waals surface area contributed by atoms with Crippen LogP contribution in [0.4, 0.5) is 0 Å². The third-order valence-electron chi connectivity index (χ3n) is 2.96. The molecule has 0 bridgehead atoms. The number of nitriles is 1. The minimum Gasteiger partial charge on any atom is -0.241 e. The van der Waals surface area contributed by atoms with Gasteiger partial charge in [0.25, 0.3) is 0 Å². The van der Waals surface area contributed by atoms with Crippen molar-refractivity contribution in [2.75, 3.05) is 0 Å². The summed E-state index contributed by atoms with van der Waals surface area (Å²) in [5.74, 6) is 0.680. The molecule has 2 aromatic rings. The molecule has 0 radical (unpaired) electrons. The predicted molar refractivity (Wildman–Crippen MR) is 74.9 cm³/mol. The summed E-state index contributed by atoms with van der Waals surface area (Å²) in [7, 11) is 0. The van der Waals surface area contributed by atoms with E-state index < -0.39 is 5.41 Å². The molecule has 2 rings (SSSR count). The number of halogens is 1. The van der Waals surface area contributed by atoms with Crippen molar-refractivity contribution < 1.29 is 0 Å². The van der Waals surface area contributed by atoms with Crippen molar-refractivity contribution in [2.45, 2.75) is 25.7 Å². The molecule has 0 unspecified atom stereocenters. The first-order valence-electron chi connectivity index (χ1n) is 5.99. The van der Waals surface area contributed by atoms with Crippen molar-refractivity contribution in [3.05, 3.63) is 58.6 Å². The van der Waals surface area contributed by atoms with Crippen LogP contribution < -0.4 is 0 Å². The summed E-state index contributed by atoms with van der Waals surface area (Å²) in [5, 5.41) is 9.62. The molecular formula is C15H14ClN3. The minimum atomic E-state index is -0.495. The summed E-state index contributed by atoms with van der Waals surface area (Å²) in [6.07, 6.45) is 2.25. The maximum absolute atomic E-state index is 9.17. The van der Waals surface area contributed by atoms with E-state index in [1.165, 1.54) is 0 Å². The fourth-order valence-electron chi connectivity index (χ4n) is 1.78. The van der Waals surface area contributed by atoms with Crippen LogP contribution in [0.25, 0.3) is 0 Å². The quantitative estimate of drug-likeness (QED) is 0.803. The molecule has 4 heteroatoms. The Labute approximate surface area is 117 Å². The molecule has 0 fully saturated rings. The van der Waals surface area contributed by atoms with Crippen LogP contribution in [0.3, 0.4) is 0 Å². The number of nitrogens with zero attached hydrogens (tertiary/aromatic N) is 3. The van der Waals surface area contributed by atoms with E-state index in [2.05, 4.69) is 16.0 Å². The van der Waals surface area contributed by atoms with Crippen LogP contribution in [-0.2, 0) is 11.8 Å². The summed E-state index contributed by atoms with van der Waals surface area (Å²) in [6, 6.07) is 11.9. The number of hydrogen-bond acceptors (Lipinski definition) is 3. The molecule has 1 heterocycles. The molecule has 0 aliphatic heterocycles. The van der Waals surface area contributed by atoms with Crippen LogP contribution in [0, 0.1) is 11.3 Å². The van der Waals surface area contributed by atoms with Crippen LogP contribution in [-0.4, -0.2) is 9.97 Å². The highest BCUT2D eigenvalue weighted by atomic mass is 35.5. The van der Waals surface area contributed by atoms with Gasteiger partial charge in [0, 0.05) is 12.6 Å². The zero-order chi connectivity index (χ0) is 13.9. The molecule has 3 nitrogen and oxygen atoms in total. The minimum absolute atomic E-state index is 0.443. The van der Waals surface area contributed by atoms with Gasteiger partial charge in [-0.25, -0.2) is 9.97 Å². The van der Waals surface area contributed by atoms with Gasteiger partial charge in [-0.1, -0.05) is 35.9 Å². The van der Waals surface area contributed by atoms with Gasteiger partial charge in [-0.2, -0.15) is 5.26 Å². The topological polar surface area (TPSA) is 49.6 Å². The first-order valence-corrected chi connectivity index (χ1v) is 6.37. The van der Waals surface area contributed by atoms with Gasteiger partial charge in [0.05, 0.1) is 11.5 Å². The van der Waals surface area contributed by atoms with E-state index in [9.17, 15) is 5.26 Å². The normalized spacial score (nSPS) is 11.1. The molecule has 0 saturated heterocycles. The Morgan fingerprint density at radius 1 is 1.32 bits per heavy atom. The van der Waals surface area contributed by atoms with Gasteiger partial charge in [0.15, 0.2) is 0 Å². The van der Waals surface area contributed by atoms with Crippen LogP contribution in [0.15, 0.2) is 36.5 Å². The molecule has 19 heavy (non-hydrogen) atoms. The Morgan fingerprint density at radius 3 is 2.79 bits per heavy atom. The van der Waals surface area contributed by atoms with E-state index >= 15 is 0 Å². The average Bonchev–Trinajstić information content (AvgIpc) is 2.39. The second kappa shape index (κ2) is 5.38. The highest BCUT2D eigenvalue weighted by Crippen LogP contribution is 2.23. The van der Waals surface area contributed by atoms with Crippen molar-refractivity contribution in [1.29, 1.82) is 5.26 Å². The summed E-state index contributed by atoms with van der Waals surface area (Å²) in [4.78, 5) is 8.36. The molecule has 0 aliphatic rings. The molecule has 0 aliphatic carbocycles. The van der Waals surface area contributed by atoms with E-state index in [0.717, 1.165) is 11.1 Å². The number of aromatic nitrogens is 2. The number of benzene rings is 1. The van der Waals surface area contributed by atoms with E-state index in [-0.39, 0.29) is 0 Å². The van der Waals surface area contributed by atoms with Gasteiger partial charge in [-0.15, -0.1) is 0 Å². The maximum Gasteiger partial charge on any atom is 0.134 e. The third kappa shape index (κ3) is 3.30. The fourth-order valence-corrected chi connectivity index (χ4v) is 1.93. The lowest BCUT2D eigenvalue weighted by atomic mass is 9.85. The zero-order valence-electron chi connectivity index (χ0n) is 10.9. The van der Waals surface area contributed by atoms with Gasteiger partial charge in [-0.05, 0) is 31.0 Å². The van der Waals surface area contributed by atoms with E-state index in [1.54, 1.807) is 12.3 Å². The molecule has 0 spiro atoms. The van der Waals surface area contributed by atoms with Crippen molar-refractivity contribution in [3.8, 4) is 6.07 Å². The fraction of sp³-hybridized carbons (Fsp3) is 0.267. The standard InChI is InChI=1S/C15H14ClN3/c1-15(2,10-17)12-5-3-4-11(8-12)9-14-18-7-6-13(16)19-14/h3-8H,9H2,1-2H3. The maximum atomic E-state index is 9.17. The van der Waals surface area contributed by atoms with Crippen molar-refractivity contribution in [1.82, 2.24) is 9.97 Å². The summed E-state index contributed by atoms with van der Waals surface area (Å²) in [6.45, 7) is 3.81. The summed E-state index contributed by atoms with van der Waals surface area (Å²) < 4.78 is 0. The lowest BCUT2D eigenvalue weighted by Gasteiger charge is -2.16. The van der Waals surface area contributed by atoms with E-state index in [4.69, 9.17) is 11.6 Å². The van der Waals surface area contributed by atoms with E-state index in [1.807, 2.05) is 38.1 Å². The van der Waals surface area contributed by atoms with E-state index in [0.29, 0.717) is 17.4 Å².